The molecule has 0 aliphatic carbocycles. The van der Waals surface area contributed by atoms with Crippen LogP contribution in [0.1, 0.15) is 26.7 Å². The summed E-state index contributed by atoms with van der Waals surface area (Å²) in [5, 5.41) is 2.43. The Balaban J connectivity index is 2.24. The van der Waals surface area contributed by atoms with Crippen LogP contribution in [0.2, 0.25) is 25.2 Å². The number of ether oxygens (including phenoxy) is 2. The fourth-order valence-electron chi connectivity index (χ4n) is 3.98. The molecule has 2 atom stereocenters. The van der Waals surface area contributed by atoms with Gasteiger partial charge in [-0.3, -0.25) is 0 Å². The molecule has 2 rings (SSSR count). The molecule has 0 N–H and O–H groups in total. The molecule has 0 amide bonds. The summed E-state index contributed by atoms with van der Waals surface area (Å²) in [6.07, 6.45) is 1.43. The maximum Gasteiger partial charge on any atom is 0.333 e. The van der Waals surface area contributed by atoms with E-state index < -0.39 is 16.6 Å². The van der Waals surface area contributed by atoms with E-state index in [-0.39, 0.29) is 11.9 Å². The van der Waals surface area contributed by atoms with Crippen molar-refractivity contribution in [1.82, 2.24) is 0 Å². The van der Waals surface area contributed by atoms with Crippen molar-refractivity contribution in [2.45, 2.75) is 51.9 Å². The Morgan fingerprint density at radius 1 is 0.686 bits per heavy atom. The number of hydrogen-bond donors (Lipinski definition) is 0. The van der Waals surface area contributed by atoms with Gasteiger partial charge in [-0.15, -0.1) is 0 Å². The quantitative estimate of drug-likeness (QED) is 0.155. The van der Waals surface area contributed by atoms with Gasteiger partial charge in [0.2, 0.25) is 16.6 Å². The molecule has 0 spiro atoms. The lowest BCUT2D eigenvalue weighted by atomic mass is 10.4. The molecule has 188 valence electrons. The second kappa shape index (κ2) is 13.4. The van der Waals surface area contributed by atoms with Crippen LogP contribution in [0.15, 0.2) is 85.0 Å². The fourth-order valence-corrected chi connectivity index (χ4v) is 13.7. The predicted octanol–water partition coefficient (Wildman–Crippen LogP) is 4.99. The molecule has 2 aromatic carbocycles. The molecule has 0 heterocycles. The summed E-state index contributed by atoms with van der Waals surface area (Å²) >= 11 is 0. The number of benzene rings is 2. The fraction of sp³-hybridized carbons (Fsp3) is 0.357. The minimum Gasteiger partial charge on any atom is -0.462 e. The lowest BCUT2D eigenvalue weighted by Gasteiger charge is -2.39. The van der Waals surface area contributed by atoms with Crippen molar-refractivity contribution < 1.29 is 23.2 Å². The van der Waals surface area contributed by atoms with E-state index in [4.69, 9.17) is 13.6 Å². The molecule has 0 aromatic heterocycles. The number of carbonyl (C=O) groups excluding carboxylic acids is 2. The summed E-state index contributed by atoms with van der Waals surface area (Å²) in [4.78, 5) is 23.6. The molecule has 0 saturated heterocycles. The van der Waals surface area contributed by atoms with Crippen LogP contribution in [-0.4, -0.2) is 41.8 Å². The Morgan fingerprint density at radius 2 is 1.03 bits per heavy atom. The van der Waals surface area contributed by atoms with E-state index in [9.17, 15) is 9.59 Å². The molecule has 0 saturated carbocycles. The minimum atomic E-state index is -2.42. The molecule has 0 bridgehead atoms. The van der Waals surface area contributed by atoms with Crippen molar-refractivity contribution in [2.24, 2.45) is 0 Å². The number of carbonyl (C=O) groups is 2. The van der Waals surface area contributed by atoms with Gasteiger partial charge >= 0.3 is 11.9 Å². The topological polar surface area (TPSA) is 61.8 Å². The van der Waals surface area contributed by atoms with Crippen LogP contribution in [0.3, 0.4) is 0 Å². The van der Waals surface area contributed by atoms with E-state index in [2.05, 4.69) is 50.5 Å². The van der Waals surface area contributed by atoms with E-state index in [1.807, 2.05) is 36.4 Å². The van der Waals surface area contributed by atoms with Gasteiger partial charge in [0.25, 0.3) is 0 Å². The lowest BCUT2D eigenvalue weighted by molar-refractivity contribution is -0.139. The van der Waals surface area contributed by atoms with E-state index in [1.165, 1.54) is 10.4 Å². The van der Waals surface area contributed by atoms with Gasteiger partial charge in [-0.1, -0.05) is 73.8 Å². The summed E-state index contributed by atoms with van der Waals surface area (Å²) < 4.78 is 18.0. The van der Waals surface area contributed by atoms with Crippen LogP contribution < -0.4 is 10.4 Å². The smallest absolute Gasteiger partial charge is 0.333 e. The van der Waals surface area contributed by atoms with E-state index in [1.54, 1.807) is 13.8 Å². The highest BCUT2D eigenvalue weighted by Gasteiger charge is 2.41. The van der Waals surface area contributed by atoms with Crippen LogP contribution in [-0.2, 0) is 23.2 Å². The summed E-state index contributed by atoms with van der Waals surface area (Å²) in [5.41, 5.74) is 0.807. The molecule has 0 radical (unpaired) electrons. The maximum atomic E-state index is 11.8. The second-order valence-electron chi connectivity index (χ2n) is 9.34. The first-order valence-electron chi connectivity index (χ1n) is 12.0. The summed E-state index contributed by atoms with van der Waals surface area (Å²) in [6, 6.07) is 22.4. The molecule has 5 nitrogen and oxygen atoms in total. The van der Waals surface area contributed by atoms with Gasteiger partial charge in [0, 0.05) is 11.1 Å². The third kappa shape index (κ3) is 8.76. The van der Waals surface area contributed by atoms with Crippen LogP contribution >= 0.6 is 0 Å². The van der Waals surface area contributed by atoms with Crippen LogP contribution in [0.5, 0.6) is 0 Å². The minimum absolute atomic E-state index is 0.338. The SMILES string of the molecule is C=C(C)C(=O)OCCC[Si](C)(O[Si](C)(CCCOC(=O)C(=C)C)c1ccccc1)c1ccccc1. The van der Waals surface area contributed by atoms with Crippen molar-refractivity contribution in [3.63, 3.8) is 0 Å². The molecule has 7 heteroatoms. The van der Waals surface area contributed by atoms with Crippen molar-refractivity contribution >= 4 is 38.9 Å². The van der Waals surface area contributed by atoms with Crippen LogP contribution in [0.4, 0.5) is 0 Å². The van der Waals surface area contributed by atoms with Gasteiger partial charge < -0.3 is 13.6 Å². The zero-order valence-electron chi connectivity index (χ0n) is 21.5. The summed E-state index contributed by atoms with van der Waals surface area (Å²) in [5.74, 6) is -0.719. The molecule has 0 aliphatic rings. The average molecular weight is 511 g/mol. The zero-order valence-corrected chi connectivity index (χ0v) is 23.5. The third-order valence-corrected chi connectivity index (χ3v) is 15.3. The van der Waals surface area contributed by atoms with E-state index in [0.717, 1.165) is 12.1 Å². The highest BCUT2D eigenvalue weighted by atomic mass is 28.4. The summed E-state index contributed by atoms with van der Waals surface area (Å²) in [7, 11) is -4.83. The standard InChI is InChI=1S/C28H38O5Si2/c1-23(2)27(29)31-19-13-21-34(5,25-15-9-7-10-16-25)33-35(6,26-17-11-8-12-18-26)22-14-20-32-28(30)24(3)4/h7-12,15-18H,1,3,13-14,19-22H2,2,4-6H3. The Labute approximate surface area is 212 Å². The predicted molar refractivity (Wildman–Crippen MR) is 147 cm³/mol. The number of hydrogen-bond acceptors (Lipinski definition) is 5. The molecular weight excluding hydrogens is 472 g/mol. The average Bonchev–Trinajstić information content (AvgIpc) is 2.85. The highest BCUT2D eigenvalue weighted by Crippen LogP contribution is 2.25. The van der Waals surface area contributed by atoms with E-state index in [0.29, 0.717) is 37.2 Å². The molecule has 0 fully saturated rings. The van der Waals surface area contributed by atoms with Crippen molar-refractivity contribution in [3.8, 4) is 0 Å². The lowest BCUT2D eigenvalue weighted by Crippen LogP contribution is -2.60. The van der Waals surface area contributed by atoms with Crippen molar-refractivity contribution in [2.75, 3.05) is 13.2 Å². The highest BCUT2D eigenvalue weighted by molar-refractivity contribution is 6.97. The molecule has 0 aliphatic heterocycles. The molecule has 2 aromatic rings. The van der Waals surface area contributed by atoms with Gasteiger partial charge in [-0.25, -0.2) is 9.59 Å². The first-order valence-corrected chi connectivity index (χ1v) is 17.3. The Kier molecular flexibility index (Phi) is 10.9. The maximum absolute atomic E-state index is 11.8. The monoisotopic (exact) mass is 510 g/mol. The van der Waals surface area contributed by atoms with E-state index >= 15 is 0 Å². The normalized spacial score (nSPS) is 14.3. The van der Waals surface area contributed by atoms with Gasteiger partial charge in [0.15, 0.2) is 0 Å². The first kappa shape index (κ1) is 28.5. The van der Waals surface area contributed by atoms with Crippen molar-refractivity contribution in [1.29, 1.82) is 0 Å². The van der Waals surface area contributed by atoms with Gasteiger partial charge in [-0.2, -0.15) is 0 Å². The number of esters is 2. The van der Waals surface area contributed by atoms with Gasteiger partial charge in [0.1, 0.15) is 0 Å². The van der Waals surface area contributed by atoms with Crippen molar-refractivity contribution in [3.05, 3.63) is 85.0 Å². The Bertz CT molecular complexity index is 927. The number of rotatable bonds is 14. The molecule has 2 unspecified atom stereocenters. The Hall–Kier alpha value is -2.75. The van der Waals surface area contributed by atoms with Crippen LogP contribution in [0.25, 0.3) is 0 Å². The zero-order chi connectivity index (χ0) is 25.9. The largest absolute Gasteiger partial charge is 0.462 e. The second-order valence-corrected chi connectivity index (χ2v) is 17.2. The third-order valence-electron chi connectivity index (χ3n) is 5.98. The molecule has 35 heavy (non-hydrogen) atoms. The van der Waals surface area contributed by atoms with Gasteiger partial charge in [-0.05, 0) is 62.2 Å². The Morgan fingerprint density at radius 3 is 1.34 bits per heavy atom. The molecular formula is C28H38O5Si2. The van der Waals surface area contributed by atoms with Gasteiger partial charge in [0.05, 0.1) is 13.2 Å². The first-order chi connectivity index (χ1) is 16.6. The summed E-state index contributed by atoms with van der Waals surface area (Å²) in [6.45, 7) is 15.8. The van der Waals surface area contributed by atoms with Crippen LogP contribution in [0, 0.1) is 0 Å².